The number of carbonyl (C=O) groups excluding carboxylic acids is 1. The SMILES string of the molecule is O=C1O[C@@H](Br)c2c(Br)cccc21. The van der Waals surface area contributed by atoms with E-state index in [0.29, 0.717) is 5.56 Å². The van der Waals surface area contributed by atoms with Gasteiger partial charge in [0.15, 0.2) is 5.01 Å². The van der Waals surface area contributed by atoms with Gasteiger partial charge in [0.2, 0.25) is 0 Å². The van der Waals surface area contributed by atoms with Crippen LogP contribution in [-0.4, -0.2) is 5.97 Å². The molecular formula is C8H4Br2O2. The average Bonchev–Trinajstić information content (AvgIpc) is 2.29. The van der Waals surface area contributed by atoms with Crippen LogP contribution in [0.4, 0.5) is 0 Å². The maximum Gasteiger partial charge on any atom is 0.340 e. The van der Waals surface area contributed by atoms with Crippen LogP contribution in [0.2, 0.25) is 0 Å². The van der Waals surface area contributed by atoms with E-state index in [1.807, 2.05) is 12.1 Å². The van der Waals surface area contributed by atoms with Gasteiger partial charge in [-0.05, 0) is 28.1 Å². The fourth-order valence-corrected chi connectivity index (χ4v) is 2.71. The van der Waals surface area contributed by atoms with Crippen LogP contribution in [0.25, 0.3) is 0 Å². The second-order valence-corrected chi connectivity index (χ2v) is 4.11. The molecule has 0 bridgehead atoms. The molecule has 1 aliphatic rings. The fourth-order valence-electron chi connectivity index (χ4n) is 1.16. The first kappa shape index (κ1) is 8.26. The molecule has 0 aliphatic carbocycles. The van der Waals surface area contributed by atoms with Gasteiger partial charge in [-0.3, -0.25) is 0 Å². The zero-order valence-electron chi connectivity index (χ0n) is 5.88. The molecule has 0 N–H and O–H groups in total. The molecule has 0 radical (unpaired) electrons. The molecular weight excluding hydrogens is 288 g/mol. The van der Waals surface area contributed by atoms with Gasteiger partial charge in [-0.1, -0.05) is 22.0 Å². The van der Waals surface area contributed by atoms with Gasteiger partial charge in [-0.25, -0.2) is 4.79 Å². The third-order valence-electron chi connectivity index (χ3n) is 1.71. The van der Waals surface area contributed by atoms with E-state index in [1.165, 1.54) is 0 Å². The van der Waals surface area contributed by atoms with Crippen LogP contribution in [0.3, 0.4) is 0 Å². The van der Waals surface area contributed by atoms with Crippen molar-refractivity contribution in [2.75, 3.05) is 0 Å². The van der Waals surface area contributed by atoms with Crippen molar-refractivity contribution in [3.8, 4) is 0 Å². The highest BCUT2D eigenvalue weighted by Gasteiger charge is 2.30. The number of ether oxygens (including phenoxy) is 1. The molecule has 62 valence electrons. The lowest BCUT2D eigenvalue weighted by Crippen LogP contribution is -1.92. The summed E-state index contributed by atoms with van der Waals surface area (Å²) in [6.45, 7) is 0. The first-order chi connectivity index (χ1) is 5.70. The Balaban J connectivity index is 2.67. The lowest BCUT2D eigenvalue weighted by Gasteiger charge is -2.01. The molecule has 12 heavy (non-hydrogen) atoms. The number of hydrogen-bond acceptors (Lipinski definition) is 2. The van der Waals surface area contributed by atoms with Crippen molar-refractivity contribution < 1.29 is 9.53 Å². The molecule has 0 unspecified atom stereocenters. The van der Waals surface area contributed by atoms with Crippen LogP contribution in [0.5, 0.6) is 0 Å². The highest BCUT2D eigenvalue weighted by Crippen LogP contribution is 2.39. The van der Waals surface area contributed by atoms with Crippen LogP contribution in [0.1, 0.15) is 20.9 Å². The van der Waals surface area contributed by atoms with Gasteiger partial charge < -0.3 is 4.74 Å². The molecule has 0 fully saturated rings. The molecule has 0 saturated heterocycles. The van der Waals surface area contributed by atoms with Gasteiger partial charge in [0.25, 0.3) is 0 Å². The second kappa shape index (κ2) is 2.85. The minimum Gasteiger partial charge on any atom is -0.442 e. The summed E-state index contributed by atoms with van der Waals surface area (Å²) in [6.07, 6.45) is 0. The summed E-state index contributed by atoms with van der Waals surface area (Å²) in [7, 11) is 0. The molecule has 1 aromatic carbocycles. The number of alkyl halides is 1. The molecule has 4 heteroatoms. The number of fused-ring (bicyclic) bond motifs is 1. The minimum absolute atomic E-state index is 0.270. The Labute approximate surface area is 86.2 Å². The van der Waals surface area contributed by atoms with Crippen molar-refractivity contribution in [3.63, 3.8) is 0 Å². The largest absolute Gasteiger partial charge is 0.442 e. The van der Waals surface area contributed by atoms with E-state index in [4.69, 9.17) is 4.74 Å². The minimum atomic E-state index is -0.310. The lowest BCUT2D eigenvalue weighted by molar-refractivity contribution is 0.0530. The van der Waals surface area contributed by atoms with Crippen molar-refractivity contribution in [1.82, 2.24) is 0 Å². The number of carbonyl (C=O) groups is 1. The van der Waals surface area contributed by atoms with Crippen molar-refractivity contribution in [2.45, 2.75) is 5.01 Å². The number of halogens is 2. The first-order valence-electron chi connectivity index (χ1n) is 3.33. The fraction of sp³-hybridized carbons (Fsp3) is 0.125. The van der Waals surface area contributed by atoms with E-state index >= 15 is 0 Å². The van der Waals surface area contributed by atoms with Crippen molar-refractivity contribution in [1.29, 1.82) is 0 Å². The summed E-state index contributed by atoms with van der Waals surface area (Å²) in [5.41, 5.74) is 1.51. The molecule has 0 spiro atoms. The Morgan fingerprint density at radius 1 is 1.42 bits per heavy atom. The van der Waals surface area contributed by atoms with Gasteiger partial charge in [0.05, 0.1) is 5.56 Å². The second-order valence-electron chi connectivity index (χ2n) is 2.42. The molecule has 0 aromatic heterocycles. The molecule has 2 nitrogen and oxygen atoms in total. The number of rotatable bonds is 0. The number of cyclic esters (lactones) is 1. The zero-order valence-corrected chi connectivity index (χ0v) is 9.05. The van der Waals surface area contributed by atoms with Gasteiger partial charge in [-0.2, -0.15) is 0 Å². The predicted molar refractivity (Wildman–Crippen MR) is 51.2 cm³/mol. The quantitative estimate of drug-likeness (QED) is 0.542. The number of esters is 1. The van der Waals surface area contributed by atoms with Gasteiger partial charge in [-0.15, -0.1) is 0 Å². The van der Waals surface area contributed by atoms with E-state index in [2.05, 4.69) is 31.9 Å². The Kier molecular flexibility index (Phi) is 1.96. The molecule has 0 saturated carbocycles. The van der Waals surface area contributed by atoms with Crippen molar-refractivity contribution in [3.05, 3.63) is 33.8 Å². The Hall–Kier alpha value is -0.350. The predicted octanol–water partition coefficient (Wildman–Crippen LogP) is 3.01. The maximum absolute atomic E-state index is 11.2. The lowest BCUT2D eigenvalue weighted by atomic mass is 10.1. The summed E-state index contributed by atoms with van der Waals surface area (Å²) in [6, 6.07) is 5.45. The van der Waals surface area contributed by atoms with E-state index < -0.39 is 0 Å². The summed E-state index contributed by atoms with van der Waals surface area (Å²) in [5.74, 6) is -0.270. The zero-order chi connectivity index (χ0) is 8.72. The summed E-state index contributed by atoms with van der Waals surface area (Å²) >= 11 is 6.61. The normalized spacial score (nSPS) is 20.5. The molecule has 2 rings (SSSR count). The monoisotopic (exact) mass is 290 g/mol. The van der Waals surface area contributed by atoms with Crippen molar-refractivity contribution >= 4 is 37.8 Å². The van der Waals surface area contributed by atoms with E-state index in [9.17, 15) is 4.79 Å². The van der Waals surface area contributed by atoms with E-state index in [1.54, 1.807) is 6.07 Å². The summed E-state index contributed by atoms with van der Waals surface area (Å²) < 4.78 is 5.86. The topological polar surface area (TPSA) is 26.3 Å². The highest BCUT2D eigenvalue weighted by atomic mass is 79.9. The van der Waals surface area contributed by atoms with E-state index in [0.717, 1.165) is 10.0 Å². The van der Waals surface area contributed by atoms with Crippen LogP contribution in [0, 0.1) is 0 Å². The maximum atomic E-state index is 11.2. The first-order valence-corrected chi connectivity index (χ1v) is 5.04. The highest BCUT2D eigenvalue weighted by molar-refractivity contribution is 9.11. The summed E-state index contributed by atoms with van der Waals surface area (Å²) in [4.78, 5) is 11.2. The molecule has 0 amide bonds. The van der Waals surface area contributed by atoms with Crippen LogP contribution >= 0.6 is 31.9 Å². The standard InChI is InChI=1S/C8H4Br2O2/c9-5-3-1-2-4-6(5)7(10)12-8(4)11/h1-3,7H/t7-/m1/s1. The van der Waals surface area contributed by atoms with Gasteiger partial charge >= 0.3 is 5.97 Å². The molecule has 1 heterocycles. The van der Waals surface area contributed by atoms with Crippen LogP contribution in [0.15, 0.2) is 22.7 Å². The number of benzene rings is 1. The average molecular weight is 292 g/mol. The molecule has 1 aromatic rings. The Morgan fingerprint density at radius 3 is 2.83 bits per heavy atom. The molecule has 1 aliphatic heterocycles. The Bertz CT molecular complexity index is 349. The Morgan fingerprint density at radius 2 is 2.17 bits per heavy atom. The van der Waals surface area contributed by atoms with Crippen LogP contribution < -0.4 is 0 Å². The smallest absolute Gasteiger partial charge is 0.340 e. The van der Waals surface area contributed by atoms with Crippen molar-refractivity contribution in [2.24, 2.45) is 0 Å². The third kappa shape index (κ3) is 1.10. The summed E-state index contributed by atoms with van der Waals surface area (Å²) in [5, 5.41) is -0.310. The molecule has 1 atom stereocenters. The number of hydrogen-bond donors (Lipinski definition) is 0. The van der Waals surface area contributed by atoms with Gasteiger partial charge in [0.1, 0.15) is 0 Å². The van der Waals surface area contributed by atoms with E-state index in [-0.39, 0.29) is 11.0 Å². The third-order valence-corrected chi connectivity index (χ3v) is 3.05. The van der Waals surface area contributed by atoms with Gasteiger partial charge in [0, 0.05) is 10.0 Å². The van der Waals surface area contributed by atoms with Crippen LogP contribution in [-0.2, 0) is 4.74 Å².